The molecule has 0 aromatic carbocycles. The van der Waals surface area contributed by atoms with Crippen LogP contribution in [0.4, 0.5) is 0 Å². The van der Waals surface area contributed by atoms with Gasteiger partial charge in [-0.15, -0.1) is 0 Å². The van der Waals surface area contributed by atoms with Gasteiger partial charge in [-0.05, 0) is 149 Å². The third kappa shape index (κ3) is 7.45. The molecule has 0 radical (unpaired) electrons. The molecular formula is C46H69N3O6. The topological polar surface area (TPSA) is 117 Å². The number of amides is 1. The van der Waals surface area contributed by atoms with E-state index in [0.717, 1.165) is 68.9 Å². The summed E-state index contributed by atoms with van der Waals surface area (Å²) in [5.41, 5.74) is 2.26. The zero-order valence-electron chi connectivity index (χ0n) is 35.5. The minimum atomic E-state index is -1.16. The van der Waals surface area contributed by atoms with E-state index >= 15 is 0 Å². The van der Waals surface area contributed by atoms with Crippen molar-refractivity contribution in [2.24, 2.45) is 56.7 Å². The van der Waals surface area contributed by atoms with Crippen LogP contribution >= 0.6 is 0 Å². The lowest BCUT2D eigenvalue weighted by molar-refractivity contribution is -0.214. The molecule has 9 heteroatoms. The van der Waals surface area contributed by atoms with Crippen molar-refractivity contribution in [3.05, 3.63) is 41.2 Å². The average molecular weight is 760 g/mol. The highest BCUT2D eigenvalue weighted by molar-refractivity contribution is 6.00. The van der Waals surface area contributed by atoms with Gasteiger partial charge in [0.1, 0.15) is 6.10 Å². The number of aromatic nitrogens is 1. The summed E-state index contributed by atoms with van der Waals surface area (Å²) in [6.07, 6.45) is 12.9. The highest BCUT2D eigenvalue weighted by Crippen LogP contribution is 2.73. The van der Waals surface area contributed by atoms with Gasteiger partial charge in [-0.3, -0.25) is 24.2 Å². The SMILES string of the molecule is CC(C)C1=C2C3CCC4C(C)(CCC5C(C)(C)C(OC(=O)CC(C)(C)C(=O)O)CCC54C)C3CCC2(CCN(Cc2ccncc2)C(=O)CN(C)C)CC1=O. The van der Waals surface area contributed by atoms with Crippen molar-refractivity contribution in [3.63, 3.8) is 0 Å². The molecule has 1 N–H and O–H groups in total. The Kier molecular flexibility index (Phi) is 11.4. The summed E-state index contributed by atoms with van der Waals surface area (Å²) in [4.78, 5) is 60.8. The molecule has 4 fully saturated rings. The molecule has 0 aliphatic heterocycles. The van der Waals surface area contributed by atoms with Gasteiger partial charge >= 0.3 is 11.9 Å². The van der Waals surface area contributed by atoms with Crippen LogP contribution in [0.3, 0.4) is 0 Å². The molecule has 8 atom stereocenters. The summed E-state index contributed by atoms with van der Waals surface area (Å²) in [6, 6.07) is 3.97. The number of fused-ring (bicyclic) bond motifs is 7. The number of likely N-dealkylation sites (N-methyl/N-ethyl adjacent to an activating group) is 1. The molecule has 1 aromatic rings. The van der Waals surface area contributed by atoms with Gasteiger partial charge in [-0.25, -0.2) is 0 Å². The van der Waals surface area contributed by atoms with Gasteiger partial charge in [0.25, 0.3) is 0 Å². The third-order valence-corrected chi connectivity index (χ3v) is 15.9. The monoisotopic (exact) mass is 760 g/mol. The largest absolute Gasteiger partial charge is 0.481 e. The molecule has 0 spiro atoms. The summed E-state index contributed by atoms with van der Waals surface area (Å²) < 4.78 is 6.17. The smallest absolute Gasteiger partial charge is 0.309 e. The lowest BCUT2D eigenvalue weighted by Gasteiger charge is -2.69. The number of esters is 1. The van der Waals surface area contributed by atoms with Gasteiger partial charge in [-0.1, -0.05) is 47.1 Å². The zero-order valence-corrected chi connectivity index (χ0v) is 35.5. The molecule has 5 aliphatic carbocycles. The van der Waals surface area contributed by atoms with Crippen LogP contribution in [-0.4, -0.2) is 76.8 Å². The number of carbonyl (C=O) groups excluding carboxylic acids is 3. The first-order valence-electron chi connectivity index (χ1n) is 21.2. The summed E-state index contributed by atoms with van der Waals surface area (Å²) in [5, 5.41) is 9.62. The minimum absolute atomic E-state index is 0.0975. The molecule has 5 aliphatic rings. The van der Waals surface area contributed by atoms with Gasteiger partial charge in [0, 0.05) is 42.7 Å². The Morgan fingerprint density at radius 1 is 0.945 bits per heavy atom. The number of hydrogen-bond acceptors (Lipinski definition) is 7. The van der Waals surface area contributed by atoms with Crippen molar-refractivity contribution in [1.29, 1.82) is 0 Å². The first-order chi connectivity index (χ1) is 25.7. The first kappa shape index (κ1) is 41.6. The number of carboxylic acids is 1. The van der Waals surface area contributed by atoms with Crippen molar-refractivity contribution in [3.8, 4) is 0 Å². The number of nitrogens with zero attached hydrogens (tertiary/aromatic N) is 3. The van der Waals surface area contributed by atoms with Crippen molar-refractivity contribution >= 4 is 23.6 Å². The molecule has 1 heterocycles. The number of ketones is 1. The second-order valence-electron chi connectivity index (χ2n) is 20.7. The number of allylic oxidation sites excluding steroid dienone is 2. The third-order valence-electron chi connectivity index (χ3n) is 15.9. The highest BCUT2D eigenvalue weighted by Gasteiger charge is 2.66. The van der Waals surface area contributed by atoms with Crippen LogP contribution in [0.5, 0.6) is 0 Å². The zero-order chi connectivity index (χ0) is 40.3. The normalized spacial score (nSPS) is 34.1. The number of ether oxygens (including phenoxy) is 1. The van der Waals surface area contributed by atoms with Crippen molar-refractivity contribution < 1.29 is 29.0 Å². The number of carbonyl (C=O) groups is 4. The quantitative estimate of drug-likeness (QED) is 0.212. The molecule has 4 saturated carbocycles. The van der Waals surface area contributed by atoms with E-state index in [0.29, 0.717) is 55.5 Å². The number of carboxylic acid groups (broad SMARTS) is 1. The van der Waals surface area contributed by atoms with Crippen molar-refractivity contribution in [2.45, 2.75) is 139 Å². The van der Waals surface area contributed by atoms with E-state index in [9.17, 15) is 24.3 Å². The Morgan fingerprint density at radius 3 is 2.25 bits per heavy atom. The minimum Gasteiger partial charge on any atom is -0.481 e. The number of pyridine rings is 1. The fourth-order valence-corrected chi connectivity index (χ4v) is 13.3. The van der Waals surface area contributed by atoms with E-state index in [1.165, 1.54) is 5.57 Å². The molecule has 1 amide bonds. The maximum Gasteiger partial charge on any atom is 0.309 e. The Bertz CT molecular complexity index is 1680. The number of Topliss-reactive ketones (excluding diaryl/α,β-unsaturated/α-hetero) is 1. The van der Waals surface area contributed by atoms with Crippen LogP contribution in [0.2, 0.25) is 0 Å². The molecule has 0 bridgehead atoms. The molecule has 6 rings (SSSR count). The molecule has 8 unspecified atom stereocenters. The fourth-order valence-electron chi connectivity index (χ4n) is 13.3. The van der Waals surface area contributed by atoms with Crippen LogP contribution in [0.15, 0.2) is 35.7 Å². The molecule has 0 saturated heterocycles. The lowest BCUT2D eigenvalue weighted by Crippen LogP contribution is -2.63. The molecule has 9 nitrogen and oxygen atoms in total. The van der Waals surface area contributed by atoms with Gasteiger partial charge in [0.15, 0.2) is 5.78 Å². The summed E-state index contributed by atoms with van der Waals surface area (Å²) in [5.74, 6) is 1.03. The lowest BCUT2D eigenvalue weighted by atomic mass is 9.36. The second kappa shape index (κ2) is 15.0. The molecule has 55 heavy (non-hydrogen) atoms. The fraction of sp³-hybridized carbons (Fsp3) is 0.761. The van der Waals surface area contributed by atoms with E-state index in [-0.39, 0.29) is 46.0 Å². The molecular weight excluding hydrogens is 691 g/mol. The number of aliphatic carboxylic acids is 1. The summed E-state index contributed by atoms with van der Waals surface area (Å²) in [7, 11) is 3.87. The van der Waals surface area contributed by atoms with E-state index in [1.807, 2.05) is 36.0 Å². The Hall–Kier alpha value is -3.07. The molecule has 304 valence electrons. The van der Waals surface area contributed by atoms with Crippen LogP contribution in [0, 0.1) is 56.7 Å². The van der Waals surface area contributed by atoms with Gasteiger partial charge < -0.3 is 19.6 Å². The van der Waals surface area contributed by atoms with E-state index in [4.69, 9.17) is 4.74 Å². The van der Waals surface area contributed by atoms with Crippen LogP contribution in [0.25, 0.3) is 0 Å². The Balaban J connectivity index is 1.25. The van der Waals surface area contributed by atoms with Crippen LogP contribution in [-0.2, 0) is 30.5 Å². The predicted molar refractivity (Wildman–Crippen MR) is 214 cm³/mol. The van der Waals surface area contributed by atoms with E-state index in [2.05, 4.69) is 46.5 Å². The van der Waals surface area contributed by atoms with E-state index in [1.54, 1.807) is 26.2 Å². The average Bonchev–Trinajstić information content (AvgIpc) is 3.40. The number of rotatable bonds is 12. The summed E-state index contributed by atoms with van der Waals surface area (Å²) >= 11 is 0. The summed E-state index contributed by atoms with van der Waals surface area (Å²) in [6.45, 7) is 18.8. The second-order valence-corrected chi connectivity index (χ2v) is 20.7. The van der Waals surface area contributed by atoms with Crippen molar-refractivity contribution in [2.75, 3.05) is 27.2 Å². The van der Waals surface area contributed by atoms with Crippen LogP contribution in [0.1, 0.15) is 132 Å². The van der Waals surface area contributed by atoms with Gasteiger partial charge in [-0.2, -0.15) is 0 Å². The highest BCUT2D eigenvalue weighted by atomic mass is 16.5. The predicted octanol–water partition coefficient (Wildman–Crippen LogP) is 8.37. The maximum absolute atomic E-state index is 14.1. The Morgan fingerprint density at radius 2 is 1.62 bits per heavy atom. The van der Waals surface area contributed by atoms with Gasteiger partial charge in [0.05, 0.1) is 18.4 Å². The number of hydrogen-bond donors (Lipinski definition) is 1. The molecule has 1 aromatic heterocycles. The first-order valence-corrected chi connectivity index (χ1v) is 21.2. The Labute approximate surface area is 330 Å². The van der Waals surface area contributed by atoms with Crippen LogP contribution < -0.4 is 0 Å². The standard InChI is InChI=1S/C46H69N3O6/c1-29(2)39-33(50)25-46(21-24-49(37(51)28-48(9)10)27-30-16-22-47-23-17-30)20-13-32-31(40(39)46)11-12-35-44(32,7)18-14-34-43(5,6)36(15-19-45(34,35)8)55-38(52)26-42(3,4)41(53)54/h16-17,22-23,29,31-32,34-36H,11-15,18-21,24-28H2,1-10H3,(H,53,54). The van der Waals surface area contributed by atoms with E-state index < -0.39 is 17.4 Å². The van der Waals surface area contributed by atoms with Crippen molar-refractivity contribution in [1.82, 2.24) is 14.8 Å². The maximum atomic E-state index is 14.1. The van der Waals surface area contributed by atoms with Gasteiger partial charge in [0.2, 0.25) is 5.91 Å².